The van der Waals surface area contributed by atoms with Gasteiger partial charge in [0.15, 0.2) is 0 Å². The van der Waals surface area contributed by atoms with E-state index in [4.69, 9.17) is 5.73 Å². The highest BCUT2D eigenvalue weighted by Gasteiger charge is 2.23. The third-order valence-corrected chi connectivity index (χ3v) is 3.70. The van der Waals surface area contributed by atoms with Gasteiger partial charge in [-0.15, -0.1) is 0 Å². The fraction of sp³-hybridized carbons (Fsp3) is 0.467. The first-order valence-corrected chi connectivity index (χ1v) is 7.15. The standard InChI is InChI=1S/C15H22N4O2/c1-17-8-11-6-7-19(9-11)10-14(20)18-13-5-3-2-4-12(13)15(16)21/h2-5,11,17H,6-10H2,1H3,(H2,16,21)(H,18,20). The molecule has 1 atom stereocenters. The number of rotatable bonds is 6. The number of nitrogens with two attached hydrogens (primary N) is 1. The van der Waals surface area contributed by atoms with Crippen molar-refractivity contribution >= 4 is 17.5 Å². The van der Waals surface area contributed by atoms with Crippen LogP contribution in [0, 0.1) is 5.92 Å². The Kier molecular flexibility index (Phi) is 5.30. The van der Waals surface area contributed by atoms with E-state index in [0.717, 1.165) is 26.1 Å². The molecule has 1 aromatic carbocycles. The average molecular weight is 290 g/mol. The summed E-state index contributed by atoms with van der Waals surface area (Å²) in [5.41, 5.74) is 6.10. The normalized spacial score (nSPS) is 18.6. The smallest absolute Gasteiger partial charge is 0.250 e. The van der Waals surface area contributed by atoms with E-state index in [2.05, 4.69) is 15.5 Å². The van der Waals surface area contributed by atoms with Crippen molar-refractivity contribution in [2.75, 3.05) is 38.5 Å². The SMILES string of the molecule is CNCC1CCN(CC(=O)Nc2ccccc2C(N)=O)C1. The molecule has 6 heteroatoms. The van der Waals surface area contributed by atoms with Crippen molar-refractivity contribution in [3.05, 3.63) is 29.8 Å². The molecule has 1 aliphatic heterocycles. The van der Waals surface area contributed by atoms with Crippen molar-refractivity contribution in [3.8, 4) is 0 Å². The van der Waals surface area contributed by atoms with Crippen LogP contribution in [0.25, 0.3) is 0 Å². The number of carbonyl (C=O) groups is 2. The number of nitrogens with zero attached hydrogens (tertiary/aromatic N) is 1. The maximum atomic E-state index is 12.1. The highest BCUT2D eigenvalue weighted by atomic mass is 16.2. The van der Waals surface area contributed by atoms with E-state index in [9.17, 15) is 9.59 Å². The Morgan fingerprint density at radius 2 is 2.14 bits per heavy atom. The zero-order chi connectivity index (χ0) is 15.2. The molecule has 2 amide bonds. The first kappa shape index (κ1) is 15.5. The maximum absolute atomic E-state index is 12.1. The van der Waals surface area contributed by atoms with Gasteiger partial charge in [-0.3, -0.25) is 14.5 Å². The molecule has 0 bridgehead atoms. The van der Waals surface area contributed by atoms with Crippen LogP contribution >= 0.6 is 0 Å². The Balaban J connectivity index is 1.90. The third-order valence-electron chi connectivity index (χ3n) is 3.70. The van der Waals surface area contributed by atoms with Crippen molar-refractivity contribution in [1.82, 2.24) is 10.2 Å². The molecule has 2 rings (SSSR count). The van der Waals surface area contributed by atoms with Gasteiger partial charge in [-0.25, -0.2) is 0 Å². The van der Waals surface area contributed by atoms with E-state index in [1.165, 1.54) is 0 Å². The molecule has 1 saturated heterocycles. The van der Waals surface area contributed by atoms with E-state index < -0.39 is 5.91 Å². The Labute approximate surface area is 124 Å². The van der Waals surface area contributed by atoms with Crippen LogP contribution in [0.15, 0.2) is 24.3 Å². The van der Waals surface area contributed by atoms with Gasteiger partial charge in [0.05, 0.1) is 17.8 Å². The minimum Gasteiger partial charge on any atom is -0.366 e. The number of amides is 2. The Morgan fingerprint density at radius 1 is 1.38 bits per heavy atom. The van der Waals surface area contributed by atoms with Gasteiger partial charge in [-0.1, -0.05) is 12.1 Å². The number of nitrogens with one attached hydrogen (secondary N) is 2. The number of hydrogen-bond acceptors (Lipinski definition) is 4. The molecule has 1 unspecified atom stereocenters. The lowest BCUT2D eigenvalue weighted by atomic mass is 10.1. The highest BCUT2D eigenvalue weighted by Crippen LogP contribution is 2.17. The van der Waals surface area contributed by atoms with Crippen molar-refractivity contribution < 1.29 is 9.59 Å². The van der Waals surface area contributed by atoms with Crippen LogP contribution in [0.2, 0.25) is 0 Å². The van der Waals surface area contributed by atoms with E-state index in [1.54, 1.807) is 24.3 Å². The summed E-state index contributed by atoms with van der Waals surface area (Å²) in [5, 5.41) is 5.93. The minimum absolute atomic E-state index is 0.117. The van der Waals surface area contributed by atoms with E-state index in [0.29, 0.717) is 23.7 Å². The van der Waals surface area contributed by atoms with Crippen molar-refractivity contribution in [2.24, 2.45) is 11.7 Å². The number of benzene rings is 1. The predicted molar refractivity (Wildman–Crippen MR) is 82.1 cm³/mol. The first-order chi connectivity index (χ1) is 10.1. The van der Waals surface area contributed by atoms with Gasteiger partial charge in [0.1, 0.15) is 0 Å². The summed E-state index contributed by atoms with van der Waals surface area (Å²) in [5.74, 6) is -0.0596. The molecule has 0 spiro atoms. The zero-order valence-corrected chi connectivity index (χ0v) is 12.3. The minimum atomic E-state index is -0.541. The topological polar surface area (TPSA) is 87.5 Å². The fourth-order valence-electron chi connectivity index (χ4n) is 2.71. The fourth-order valence-corrected chi connectivity index (χ4v) is 2.71. The maximum Gasteiger partial charge on any atom is 0.250 e. The first-order valence-electron chi connectivity index (χ1n) is 7.15. The summed E-state index contributed by atoms with van der Waals surface area (Å²) >= 11 is 0. The predicted octanol–water partition coefficient (Wildman–Crippen LogP) is 0.265. The van der Waals surface area contributed by atoms with E-state index >= 15 is 0 Å². The molecule has 114 valence electrons. The Bertz CT molecular complexity index is 518. The molecule has 0 aliphatic carbocycles. The Hall–Kier alpha value is -1.92. The molecule has 1 heterocycles. The van der Waals surface area contributed by atoms with Gasteiger partial charge in [0.25, 0.3) is 5.91 Å². The molecule has 1 aromatic rings. The lowest BCUT2D eigenvalue weighted by Gasteiger charge is -2.16. The summed E-state index contributed by atoms with van der Waals surface area (Å²) in [4.78, 5) is 25.5. The van der Waals surface area contributed by atoms with Crippen LogP contribution in [-0.4, -0.2) is 49.9 Å². The van der Waals surface area contributed by atoms with Gasteiger partial charge in [-0.2, -0.15) is 0 Å². The van der Waals surface area contributed by atoms with Crippen molar-refractivity contribution in [3.63, 3.8) is 0 Å². The molecule has 0 radical (unpaired) electrons. The van der Waals surface area contributed by atoms with Gasteiger partial charge >= 0.3 is 0 Å². The Morgan fingerprint density at radius 3 is 2.86 bits per heavy atom. The molecular weight excluding hydrogens is 268 g/mol. The molecule has 4 N–H and O–H groups in total. The van der Waals surface area contributed by atoms with Crippen LogP contribution < -0.4 is 16.4 Å². The van der Waals surface area contributed by atoms with Gasteiger partial charge in [0, 0.05) is 6.54 Å². The summed E-state index contributed by atoms with van der Waals surface area (Å²) < 4.78 is 0. The molecule has 1 fully saturated rings. The van der Waals surface area contributed by atoms with E-state index in [-0.39, 0.29) is 5.91 Å². The number of primary amides is 1. The summed E-state index contributed by atoms with van der Waals surface area (Å²) in [6, 6.07) is 6.78. The molecule has 0 saturated carbocycles. The number of carbonyl (C=O) groups excluding carboxylic acids is 2. The number of hydrogen-bond donors (Lipinski definition) is 3. The molecule has 1 aliphatic rings. The van der Waals surface area contributed by atoms with Crippen LogP contribution in [0.1, 0.15) is 16.8 Å². The highest BCUT2D eigenvalue weighted by molar-refractivity contribution is 6.03. The average Bonchev–Trinajstić information content (AvgIpc) is 2.86. The lowest BCUT2D eigenvalue weighted by molar-refractivity contribution is -0.117. The van der Waals surface area contributed by atoms with Crippen LogP contribution in [0.5, 0.6) is 0 Å². The molecule has 0 aromatic heterocycles. The summed E-state index contributed by atoms with van der Waals surface area (Å²) in [6.07, 6.45) is 1.10. The largest absolute Gasteiger partial charge is 0.366 e. The molecule has 6 nitrogen and oxygen atoms in total. The number of para-hydroxylation sites is 1. The monoisotopic (exact) mass is 290 g/mol. The zero-order valence-electron chi connectivity index (χ0n) is 12.3. The van der Waals surface area contributed by atoms with Crippen molar-refractivity contribution in [2.45, 2.75) is 6.42 Å². The second-order valence-electron chi connectivity index (χ2n) is 5.41. The van der Waals surface area contributed by atoms with Crippen LogP contribution in [0.4, 0.5) is 5.69 Å². The summed E-state index contributed by atoms with van der Waals surface area (Å²) in [7, 11) is 1.94. The van der Waals surface area contributed by atoms with Crippen molar-refractivity contribution in [1.29, 1.82) is 0 Å². The van der Waals surface area contributed by atoms with E-state index in [1.807, 2.05) is 7.05 Å². The second-order valence-corrected chi connectivity index (χ2v) is 5.41. The molecule has 21 heavy (non-hydrogen) atoms. The van der Waals surface area contributed by atoms with Gasteiger partial charge in [-0.05, 0) is 44.6 Å². The molecular formula is C15H22N4O2. The number of anilines is 1. The second kappa shape index (κ2) is 7.19. The van der Waals surface area contributed by atoms with Gasteiger partial charge in [0.2, 0.25) is 5.91 Å². The van der Waals surface area contributed by atoms with Gasteiger partial charge < -0.3 is 16.4 Å². The lowest BCUT2D eigenvalue weighted by Crippen LogP contribution is -2.33. The van der Waals surface area contributed by atoms with Crippen LogP contribution in [-0.2, 0) is 4.79 Å². The van der Waals surface area contributed by atoms with Crippen LogP contribution in [0.3, 0.4) is 0 Å². The quantitative estimate of drug-likeness (QED) is 0.701. The summed E-state index contributed by atoms with van der Waals surface area (Å²) in [6.45, 7) is 3.17. The third kappa shape index (κ3) is 4.27. The number of likely N-dealkylation sites (tertiary alicyclic amines) is 1.